The Bertz CT molecular complexity index is 1110. The first-order valence-corrected chi connectivity index (χ1v) is 7.93. The number of hydrogen-bond donors (Lipinski definition) is 0. The number of nitrogens with zero attached hydrogens (tertiary/aromatic N) is 7. The van der Waals surface area contributed by atoms with E-state index in [-0.39, 0.29) is 0 Å². The molecular formula is C18H15N7. The predicted molar refractivity (Wildman–Crippen MR) is 94.1 cm³/mol. The first-order chi connectivity index (χ1) is 12.2. The molecule has 122 valence electrons. The Labute approximate surface area is 144 Å². The lowest BCUT2D eigenvalue weighted by molar-refractivity contribution is 0.763. The van der Waals surface area contributed by atoms with E-state index < -0.39 is 0 Å². The van der Waals surface area contributed by atoms with E-state index in [2.05, 4.69) is 31.8 Å². The van der Waals surface area contributed by atoms with Crippen molar-refractivity contribution in [2.24, 2.45) is 0 Å². The molecule has 0 saturated carbocycles. The SMILES string of the molecule is [C-]#[N+]c1cnc2ccc(-c3c(-c4cccc(C)n4)ncn3CC)nn12. The molecule has 4 rings (SSSR count). The van der Waals surface area contributed by atoms with Crippen LogP contribution in [-0.4, -0.2) is 29.1 Å². The van der Waals surface area contributed by atoms with E-state index in [0.29, 0.717) is 11.5 Å². The van der Waals surface area contributed by atoms with Crippen molar-refractivity contribution in [3.05, 3.63) is 60.0 Å². The lowest BCUT2D eigenvalue weighted by Gasteiger charge is -2.07. The Morgan fingerprint density at radius 3 is 2.76 bits per heavy atom. The van der Waals surface area contributed by atoms with Crippen molar-refractivity contribution >= 4 is 11.5 Å². The molecule has 7 heteroatoms. The van der Waals surface area contributed by atoms with Gasteiger partial charge in [0.05, 0.1) is 18.2 Å². The average molecular weight is 329 g/mol. The monoisotopic (exact) mass is 329 g/mol. The van der Waals surface area contributed by atoms with E-state index >= 15 is 0 Å². The molecule has 7 nitrogen and oxygen atoms in total. The Hall–Kier alpha value is -3.53. The van der Waals surface area contributed by atoms with Gasteiger partial charge in [-0.3, -0.25) is 4.98 Å². The molecule has 0 fully saturated rings. The number of pyridine rings is 1. The molecule has 0 aliphatic rings. The zero-order valence-corrected chi connectivity index (χ0v) is 13.9. The Balaban J connectivity index is 1.96. The lowest BCUT2D eigenvalue weighted by atomic mass is 10.1. The molecule has 25 heavy (non-hydrogen) atoms. The van der Waals surface area contributed by atoms with Crippen LogP contribution in [0.4, 0.5) is 5.82 Å². The van der Waals surface area contributed by atoms with Crippen molar-refractivity contribution in [2.45, 2.75) is 20.4 Å². The molecule has 0 N–H and O–H groups in total. The van der Waals surface area contributed by atoms with Gasteiger partial charge in [0.1, 0.15) is 17.1 Å². The molecule has 0 aliphatic carbocycles. The van der Waals surface area contributed by atoms with Crippen LogP contribution in [0.2, 0.25) is 0 Å². The minimum atomic E-state index is 0.384. The van der Waals surface area contributed by atoms with Gasteiger partial charge in [-0.1, -0.05) is 17.7 Å². The van der Waals surface area contributed by atoms with E-state index in [1.54, 1.807) is 10.8 Å². The Kier molecular flexibility index (Phi) is 3.51. The van der Waals surface area contributed by atoms with Crippen LogP contribution in [-0.2, 0) is 6.54 Å². The second-order valence-electron chi connectivity index (χ2n) is 5.61. The summed E-state index contributed by atoms with van der Waals surface area (Å²) in [5, 5.41) is 4.62. The molecule has 0 atom stereocenters. The van der Waals surface area contributed by atoms with Gasteiger partial charge in [0.2, 0.25) is 5.65 Å². The zero-order valence-electron chi connectivity index (χ0n) is 13.9. The van der Waals surface area contributed by atoms with Gasteiger partial charge < -0.3 is 9.41 Å². The number of hydrogen-bond acceptors (Lipinski definition) is 4. The Morgan fingerprint density at radius 1 is 1.12 bits per heavy atom. The van der Waals surface area contributed by atoms with E-state index in [0.717, 1.165) is 35.0 Å². The van der Waals surface area contributed by atoms with Crippen LogP contribution in [0.15, 0.2) is 42.9 Å². The third-order valence-corrected chi connectivity index (χ3v) is 4.01. The summed E-state index contributed by atoms with van der Waals surface area (Å²) in [6.07, 6.45) is 3.32. The molecule has 0 saturated heterocycles. The maximum absolute atomic E-state index is 7.26. The third kappa shape index (κ3) is 2.44. The van der Waals surface area contributed by atoms with Crippen molar-refractivity contribution in [3.8, 4) is 22.8 Å². The van der Waals surface area contributed by atoms with Crippen LogP contribution >= 0.6 is 0 Å². The van der Waals surface area contributed by atoms with E-state index in [4.69, 9.17) is 6.57 Å². The quantitative estimate of drug-likeness (QED) is 0.539. The highest BCUT2D eigenvalue weighted by Crippen LogP contribution is 2.29. The van der Waals surface area contributed by atoms with Crippen LogP contribution in [0.5, 0.6) is 0 Å². The molecule has 0 aromatic carbocycles. The highest BCUT2D eigenvalue weighted by molar-refractivity contribution is 5.75. The summed E-state index contributed by atoms with van der Waals surface area (Å²) >= 11 is 0. The highest BCUT2D eigenvalue weighted by Gasteiger charge is 2.19. The van der Waals surface area contributed by atoms with Crippen LogP contribution in [0, 0.1) is 13.5 Å². The minimum Gasteiger partial charge on any atom is -0.360 e. The number of aromatic nitrogens is 6. The lowest BCUT2D eigenvalue weighted by Crippen LogP contribution is -2.01. The second kappa shape index (κ2) is 5.83. The summed E-state index contributed by atoms with van der Waals surface area (Å²) < 4.78 is 3.59. The van der Waals surface area contributed by atoms with Crippen molar-refractivity contribution in [1.29, 1.82) is 0 Å². The Morgan fingerprint density at radius 2 is 2.00 bits per heavy atom. The molecule has 0 radical (unpaired) electrons. The molecule has 4 aromatic rings. The number of rotatable bonds is 3. The first-order valence-electron chi connectivity index (χ1n) is 7.93. The maximum atomic E-state index is 7.26. The summed E-state index contributed by atoms with van der Waals surface area (Å²) in [6.45, 7) is 12.0. The molecule has 0 bridgehead atoms. The van der Waals surface area contributed by atoms with Gasteiger partial charge in [0.15, 0.2) is 0 Å². The highest BCUT2D eigenvalue weighted by atomic mass is 15.3. The standard InChI is InChI=1S/C18H15N7/c1-4-24-11-21-17(13-7-5-6-12(2)22-13)18(24)14-8-9-15-20-10-16(19-3)25(15)23-14/h5-11H,4H2,1-2H3. The van der Waals surface area contributed by atoms with E-state index in [9.17, 15) is 0 Å². The van der Waals surface area contributed by atoms with Gasteiger partial charge in [-0.25, -0.2) is 9.97 Å². The van der Waals surface area contributed by atoms with Crippen LogP contribution in [0.1, 0.15) is 12.6 Å². The van der Waals surface area contributed by atoms with Crippen molar-refractivity contribution in [3.63, 3.8) is 0 Å². The second-order valence-corrected chi connectivity index (χ2v) is 5.61. The fraction of sp³-hybridized carbons (Fsp3) is 0.167. The van der Waals surface area contributed by atoms with E-state index in [1.165, 1.54) is 6.20 Å². The number of fused-ring (bicyclic) bond motifs is 1. The minimum absolute atomic E-state index is 0.384. The summed E-state index contributed by atoms with van der Waals surface area (Å²) in [4.78, 5) is 16.8. The largest absolute Gasteiger partial charge is 0.360 e. The molecule has 0 spiro atoms. The average Bonchev–Trinajstić information content (AvgIpc) is 3.24. The summed E-state index contributed by atoms with van der Waals surface area (Å²) in [5.41, 5.74) is 4.78. The first kappa shape index (κ1) is 15.0. The fourth-order valence-electron chi connectivity index (χ4n) is 2.82. The molecule has 0 amide bonds. The number of aryl methyl sites for hydroxylation is 2. The molecular weight excluding hydrogens is 314 g/mol. The maximum Gasteiger partial charge on any atom is 0.275 e. The molecule has 4 heterocycles. The smallest absolute Gasteiger partial charge is 0.275 e. The third-order valence-electron chi connectivity index (χ3n) is 4.01. The summed E-state index contributed by atoms with van der Waals surface area (Å²) in [6, 6.07) is 9.63. The van der Waals surface area contributed by atoms with Crippen LogP contribution < -0.4 is 0 Å². The molecule has 4 aromatic heterocycles. The molecule has 0 aliphatic heterocycles. The fourth-order valence-corrected chi connectivity index (χ4v) is 2.82. The van der Waals surface area contributed by atoms with Gasteiger partial charge in [-0.05, 0) is 32.0 Å². The van der Waals surface area contributed by atoms with Gasteiger partial charge >= 0.3 is 0 Å². The van der Waals surface area contributed by atoms with Gasteiger partial charge in [0.25, 0.3) is 5.82 Å². The normalized spacial score (nSPS) is 10.9. The van der Waals surface area contributed by atoms with Crippen LogP contribution in [0.25, 0.3) is 33.3 Å². The van der Waals surface area contributed by atoms with Crippen molar-refractivity contribution in [2.75, 3.05) is 0 Å². The topological polar surface area (TPSA) is 65.3 Å². The number of imidazole rings is 2. The van der Waals surface area contributed by atoms with Gasteiger partial charge in [-0.15, -0.1) is 4.52 Å². The van der Waals surface area contributed by atoms with Crippen molar-refractivity contribution in [1.82, 2.24) is 29.1 Å². The van der Waals surface area contributed by atoms with Crippen molar-refractivity contribution < 1.29 is 0 Å². The summed E-state index contributed by atoms with van der Waals surface area (Å²) in [7, 11) is 0. The van der Waals surface area contributed by atoms with Gasteiger partial charge in [0, 0.05) is 18.3 Å². The molecule has 0 unspecified atom stereocenters. The zero-order chi connectivity index (χ0) is 17.4. The van der Waals surface area contributed by atoms with E-state index in [1.807, 2.05) is 41.8 Å². The van der Waals surface area contributed by atoms with Crippen LogP contribution in [0.3, 0.4) is 0 Å². The van der Waals surface area contributed by atoms with Gasteiger partial charge in [-0.2, -0.15) is 0 Å². The summed E-state index contributed by atoms with van der Waals surface area (Å²) in [5.74, 6) is 0.384. The predicted octanol–water partition coefficient (Wildman–Crippen LogP) is 3.53.